The number of rotatable bonds is 20. The van der Waals surface area contributed by atoms with E-state index in [2.05, 4.69) is 63.1 Å². The molecule has 2 aromatic carbocycles. The topological polar surface area (TPSA) is 93.1 Å². The highest BCUT2D eigenvalue weighted by atomic mass is 16.5. The molecule has 242 valence electrons. The number of esters is 2. The molecule has 0 atom stereocenters. The minimum atomic E-state index is -0.457. The number of carbonyl (C=O) groups is 2. The monoisotopic (exact) mass is 614 g/mol. The van der Waals surface area contributed by atoms with Crippen molar-refractivity contribution in [3.8, 4) is 16.9 Å². The second kappa shape index (κ2) is 20.1. The van der Waals surface area contributed by atoms with Crippen molar-refractivity contribution in [3.63, 3.8) is 0 Å². The van der Waals surface area contributed by atoms with E-state index in [1.165, 1.54) is 0 Å². The van der Waals surface area contributed by atoms with Crippen LogP contribution in [0.5, 0.6) is 5.75 Å². The Morgan fingerprint density at radius 1 is 0.911 bits per heavy atom. The fourth-order valence-corrected chi connectivity index (χ4v) is 4.78. The van der Waals surface area contributed by atoms with E-state index >= 15 is 0 Å². The van der Waals surface area contributed by atoms with Gasteiger partial charge in [0.05, 0.1) is 6.61 Å². The molecule has 0 saturated carbocycles. The Balaban J connectivity index is 2.13. The van der Waals surface area contributed by atoms with Crippen LogP contribution in [0, 0.1) is 5.92 Å². The van der Waals surface area contributed by atoms with E-state index in [1.807, 2.05) is 18.2 Å². The van der Waals surface area contributed by atoms with Crippen LogP contribution in [0.4, 0.5) is 0 Å². The molecule has 0 bridgehead atoms. The first kappa shape index (κ1) is 37.2. The van der Waals surface area contributed by atoms with Gasteiger partial charge in [-0.1, -0.05) is 81.3 Å². The molecule has 0 amide bonds. The number of hydrogen-bond donors (Lipinski definition) is 2. The molecule has 2 aromatic rings. The molecule has 2 N–H and O–H groups in total. The van der Waals surface area contributed by atoms with E-state index in [9.17, 15) is 19.8 Å². The summed E-state index contributed by atoms with van der Waals surface area (Å²) in [7, 11) is 0. The number of aliphatic hydroxyl groups excluding tert-OH is 2. The molecule has 0 saturated heterocycles. The standard InChI is InChI=1S/C39H50O6/c1-7-13-30(16-12-23-44-38(42)28(3)4)14-10-9-11-15-31-20-22-36(37(25-31)45-39(43)29(5)6)35-21-19-32(24-34(35)8-2)17-18-33(26-40)27-41/h7,10,13-14,19-22,24-25,33,40-41H,1,3,5,8-9,11-12,15-18,23,26-27H2,2,4,6H3/b14-10-,30-13+. The fourth-order valence-electron chi connectivity index (χ4n) is 4.78. The van der Waals surface area contributed by atoms with Crippen LogP contribution in [0.2, 0.25) is 0 Å². The van der Waals surface area contributed by atoms with Gasteiger partial charge in [-0.2, -0.15) is 0 Å². The predicted octanol–water partition coefficient (Wildman–Crippen LogP) is 7.82. The maximum absolute atomic E-state index is 12.6. The number of aliphatic hydroxyl groups is 2. The summed E-state index contributed by atoms with van der Waals surface area (Å²) < 4.78 is 11.0. The van der Waals surface area contributed by atoms with Gasteiger partial charge >= 0.3 is 11.9 Å². The third kappa shape index (κ3) is 12.9. The van der Waals surface area contributed by atoms with Crippen molar-refractivity contribution in [3.05, 3.63) is 114 Å². The summed E-state index contributed by atoms with van der Waals surface area (Å²) in [6.45, 7) is 16.8. The van der Waals surface area contributed by atoms with Gasteiger partial charge in [-0.3, -0.25) is 0 Å². The van der Waals surface area contributed by atoms with Gasteiger partial charge in [-0.25, -0.2) is 9.59 Å². The molecule has 2 rings (SSSR count). The first-order chi connectivity index (χ1) is 21.6. The molecule has 0 aromatic heterocycles. The Morgan fingerprint density at radius 2 is 1.58 bits per heavy atom. The highest BCUT2D eigenvalue weighted by Gasteiger charge is 2.16. The van der Waals surface area contributed by atoms with Crippen molar-refractivity contribution in [2.24, 2.45) is 5.92 Å². The molecule has 0 spiro atoms. The second-order valence-corrected chi connectivity index (χ2v) is 11.4. The van der Waals surface area contributed by atoms with Crippen molar-refractivity contribution in [2.75, 3.05) is 19.8 Å². The second-order valence-electron chi connectivity index (χ2n) is 11.4. The lowest BCUT2D eigenvalue weighted by molar-refractivity contribution is -0.139. The Bertz CT molecular complexity index is 1380. The van der Waals surface area contributed by atoms with Crippen LogP contribution >= 0.6 is 0 Å². The van der Waals surface area contributed by atoms with Crippen molar-refractivity contribution in [2.45, 2.75) is 72.1 Å². The van der Waals surface area contributed by atoms with Crippen molar-refractivity contribution in [1.29, 1.82) is 0 Å². The Kier molecular flexibility index (Phi) is 16.6. The molecular formula is C39H50O6. The molecule has 6 nitrogen and oxygen atoms in total. The summed E-state index contributed by atoms with van der Waals surface area (Å²) in [6.07, 6.45) is 14.3. The summed E-state index contributed by atoms with van der Waals surface area (Å²) in [4.78, 5) is 24.1. The van der Waals surface area contributed by atoms with Crippen LogP contribution in [-0.4, -0.2) is 42.0 Å². The van der Waals surface area contributed by atoms with Gasteiger partial charge in [-0.15, -0.1) is 0 Å². The summed E-state index contributed by atoms with van der Waals surface area (Å²) in [5.41, 5.74) is 7.08. The first-order valence-electron chi connectivity index (χ1n) is 15.8. The number of hydrogen-bond acceptors (Lipinski definition) is 6. The van der Waals surface area contributed by atoms with Crippen LogP contribution in [0.15, 0.2) is 97.2 Å². The molecule has 6 heteroatoms. The number of benzene rings is 2. The van der Waals surface area contributed by atoms with Gasteiger partial charge in [0.15, 0.2) is 0 Å². The largest absolute Gasteiger partial charge is 0.462 e. The van der Waals surface area contributed by atoms with Gasteiger partial charge < -0.3 is 19.7 Å². The van der Waals surface area contributed by atoms with Gasteiger partial charge in [-0.05, 0) is 99.1 Å². The summed E-state index contributed by atoms with van der Waals surface area (Å²) in [5, 5.41) is 18.8. The Labute approximate surface area is 269 Å². The highest BCUT2D eigenvalue weighted by Crippen LogP contribution is 2.35. The molecule has 0 fully saturated rings. The van der Waals surface area contributed by atoms with Gasteiger partial charge in [0, 0.05) is 35.8 Å². The molecule has 0 radical (unpaired) electrons. The van der Waals surface area contributed by atoms with E-state index in [0.717, 1.165) is 78.3 Å². The van der Waals surface area contributed by atoms with Gasteiger partial charge in [0.1, 0.15) is 5.75 Å². The molecule has 0 heterocycles. The molecule has 45 heavy (non-hydrogen) atoms. The number of unbranched alkanes of at least 4 members (excludes halogenated alkanes) is 1. The number of carbonyl (C=O) groups excluding carboxylic acids is 2. The van der Waals surface area contributed by atoms with E-state index in [0.29, 0.717) is 29.9 Å². The predicted molar refractivity (Wildman–Crippen MR) is 183 cm³/mol. The zero-order valence-electron chi connectivity index (χ0n) is 27.3. The van der Waals surface area contributed by atoms with Crippen LogP contribution in [-0.2, 0) is 33.6 Å². The summed E-state index contributed by atoms with van der Waals surface area (Å²) in [6, 6.07) is 12.4. The molecular weight excluding hydrogens is 564 g/mol. The summed E-state index contributed by atoms with van der Waals surface area (Å²) >= 11 is 0. The van der Waals surface area contributed by atoms with E-state index < -0.39 is 5.97 Å². The van der Waals surface area contributed by atoms with Crippen LogP contribution in [0.3, 0.4) is 0 Å². The molecule has 0 aliphatic carbocycles. The van der Waals surface area contributed by atoms with E-state index in [1.54, 1.807) is 19.9 Å². The number of aryl methyl sites for hydroxylation is 3. The van der Waals surface area contributed by atoms with E-state index in [4.69, 9.17) is 9.47 Å². The Morgan fingerprint density at radius 3 is 2.20 bits per heavy atom. The number of allylic oxidation sites excluding steroid dienone is 5. The van der Waals surface area contributed by atoms with Crippen molar-refractivity contribution >= 4 is 11.9 Å². The quantitative estimate of drug-likeness (QED) is 0.0519. The maximum Gasteiger partial charge on any atom is 0.338 e. The maximum atomic E-state index is 12.6. The van der Waals surface area contributed by atoms with Gasteiger partial charge in [0.2, 0.25) is 0 Å². The SMILES string of the molecule is C=C/C=C(\C=C/CCCc1ccc(-c2ccc(CCC(CO)CO)cc2CC)c(OC(=O)C(=C)C)c1)CCCOC(=O)C(=C)C. The highest BCUT2D eigenvalue weighted by molar-refractivity contribution is 5.90. The van der Waals surface area contributed by atoms with Crippen LogP contribution in [0.1, 0.15) is 69.6 Å². The third-order valence-electron chi connectivity index (χ3n) is 7.49. The lowest BCUT2D eigenvalue weighted by Gasteiger charge is -2.17. The van der Waals surface area contributed by atoms with Gasteiger partial charge in [0.25, 0.3) is 0 Å². The zero-order chi connectivity index (χ0) is 33.2. The third-order valence-corrected chi connectivity index (χ3v) is 7.49. The molecule has 0 unspecified atom stereocenters. The van der Waals surface area contributed by atoms with Crippen LogP contribution in [0.25, 0.3) is 11.1 Å². The summed E-state index contributed by atoms with van der Waals surface area (Å²) in [5.74, 6) is -0.428. The number of ether oxygens (including phenoxy) is 2. The minimum Gasteiger partial charge on any atom is -0.462 e. The lowest BCUT2D eigenvalue weighted by Crippen LogP contribution is -2.12. The first-order valence-corrected chi connectivity index (χ1v) is 15.8. The zero-order valence-corrected chi connectivity index (χ0v) is 27.3. The van der Waals surface area contributed by atoms with E-state index in [-0.39, 0.29) is 25.1 Å². The van der Waals surface area contributed by atoms with Crippen molar-refractivity contribution in [1.82, 2.24) is 0 Å². The lowest BCUT2D eigenvalue weighted by atomic mass is 9.92. The molecule has 0 aliphatic heterocycles. The minimum absolute atomic E-state index is 0.0287. The average molecular weight is 615 g/mol. The van der Waals surface area contributed by atoms with Crippen molar-refractivity contribution < 1.29 is 29.3 Å². The molecule has 0 aliphatic rings. The Hall–Kier alpha value is -4.00. The smallest absolute Gasteiger partial charge is 0.338 e. The normalized spacial score (nSPS) is 11.6. The fraction of sp³-hybridized carbons (Fsp3) is 0.385. The van der Waals surface area contributed by atoms with Crippen LogP contribution < -0.4 is 4.74 Å². The average Bonchev–Trinajstić information content (AvgIpc) is 3.03.